The number of ether oxygens (including phenoxy) is 1. The SMILES string of the molecule is Cc1ccc(C(CNc2ccc(S(=O)(=O)NCCN(C)C)cc2[N+](=O)[O-])N2CCOCC2)cc1. The number of rotatable bonds is 11. The molecule has 186 valence electrons. The largest absolute Gasteiger partial charge is 0.379 e. The normalized spacial score (nSPS) is 15.9. The fourth-order valence-electron chi connectivity index (χ4n) is 3.81. The van der Waals surface area contributed by atoms with Crippen LogP contribution in [-0.4, -0.2) is 83.2 Å². The second kappa shape index (κ2) is 11.7. The molecule has 3 rings (SSSR count). The lowest BCUT2D eigenvalue weighted by Crippen LogP contribution is -2.41. The molecule has 1 atom stereocenters. The molecule has 0 amide bonds. The number of benzene rings is 2. The van der Waals surface area contributed by atoms with Crippen molar-refractivity contribution in [1.82, 2.24) is 14.5 Å². The van der Waals surface area contributed by atoms with Gasteiger partial charge in [0.05, 0.1) is 29.1 Å². The zero-order valence-corrected chi connectivity index (χ0v) is 20.7. The number of aryl methyl sites for hydroxylation is 1. The summed E-state index contributed by atoms with van der Waals surface area (Å²) in [6, 6.07) is 12.2. The Morgan fingerprint density at radius 2 is 1.82 bits per heavy atom. The number of morpholine rings is 1. The van der Waals surface area contributed by atoms with Crippen LogP contribution in [0.25, 0.3) is 0 Å². The van der Waals surface area contributed by atoms with E-state index >= 15 is 0 Å². The third-order valence-corrected chi connectivity index (χ3v) is 7.22. The van der Waals surface area contributed by atoms with Gasteiger partial charge in [0.1, 0.15) is 5.69 Å². The number of sulfonamides is 1. The van der Waals surface area contributed by atoms with Gasteiger partial charge in [0, 0.05) is 38.8 Å². The molecular weight excluding hydrogens is 458 g/mol. The molecule has 1 fully saturated rings. The lowest BCUT2D eigenvalue weighted by molar-refractivity contribution is -0.384. The Hall–Kier alpha value is -2.57. The topological polar surface area (TPSA) is 117 Å². The van der Waals surface area contributed by atoms with Crippen molar-refractivity contribution in [2.24, 2.45) is 0 Å². The summed E-state index contributed by atoms with van der Waals surface area (Å²) in [4.78, 5) is 15.2. The second-order valence-electron chi connectivity index (χ2n) is 8.59. The fraction of sp³-hybridized carbons (Fsp3) is 0.478. The highest BCUT2D eigenvalue weighted by atomic mass is 32.2. The molecule has 2 aromatic carbocycles. The van der Waals surface area contributed by atoms with Gasteiger partial charge in [-0.3, -0.25) is 15.0 Å². The van der Waals surface area contributed by atoms with Crippen molar-refractivity contribution in [1.29, 1.82) is 0 Å². The van der Waals surface area contributed by atoms with Gasteiger partial charge in [-0.15, -0.1) is 0 Å². The molecule has 1 aliphatic heterocycles. The summed E-state index contributed by atoms with van der Waals surface area (Å²) < 4.78 is 33.2. The van der Waals surface area contributed by atoms with E-state index in [0.717, 1.165) is 30.3 Å². The van der Waals surface area contributed by atoms with Crippen molar-refractivity contribution in [2.45, 2.75) is 17.9 Å². The standard InChI is InChI=1S/C23H33N5O5S/c1-18-4-6-19(7-5-18)23(27-12-14-33-15-13-27)17-24-21-9-8-20(16-22(21)28(29)30)34(31,32)25-10-11-26(2)3/h4-9,16,23-25H,10-15,17H2,1-3H3. The maximum absolute atomic E-state index is 12.6. The van der Waals surface area contributed by atoms with Crippen LogP contribution in [0, 0.1) is 17.0 Å². The van der Waals surface area contributed by atoms with Gasteiger partial charge in [0.25, 0.3) is 5.69 Å². The number of hydrogen-bond donors (Lipinski definition) is 2. The Bertz CT molecular complexity index is 1070. The molecule has 34 heavy (non-hydrogen) atoms. The molecule has 1 saturated heterocycles. The van der Waals surface area contributed by atoms with Gasteiger partial charge in [0.2, 0.25) is 10.0 Å². The number of nitro groups is 1. The number of nitrogens with one attached hydrogen (secondary N) is 2. The molecule has 0 aliphatic carbocycles. The van der Waals surface area contributed by atoms with Gasteiger partial charge in [-0.1, -0.05) is 29.8 Å². The zero-order chi connectivity index (χ0) is 24.7. The van der Waals surface area contributed by atoms with Crippen LogP contribution in [0.2, 0.25) is 0 Å². The maximum atomic E-state index is 12.6. The van der Waals surface area contributed by atoms with Crippen molar-refractivity contribution in [3.63, 3.8) is 0 Å². The van der Waals surface area contributed by atoms with Crippen LogP contribution in [0.3, 0.4) is 0 Å². The molecule has 2 N–H and O–H groups in total. The average molecular weight is 492 g/mol. The Morgan fingerprint density at radius 1 is 1.15 bits per heavy atom. The van der Waals surface area contributed by atoms with Crippen molar-refractivity contribution in [3.8, 4) is 0 Å². The molecule has 1 heterocycles. The number of anilines is 1. The lowest BCUT2D eigenvalue weighted by atomic mass is 10.0. The highest BCUT2D eigenvalue weighted by Crippen LogP contribution is 2.30. The first kappa shape index (κ1) is 26.0. The van der Waals surface area contributed by atoms with Gasteiger partial charge in [-0.25, -0.2) is 13.1 Å². The van der Waals surface area contributed by atoms with Crippen LogP contribution in [0.4, 0.5) is 11.4 Å². The van der Waals surface area contributed by atoms with Crippen LogP contribution < -0.4 is 10.0 Å². The first-order valence-electron chi connectivity index (χ1n) is 11.2. The molecule has 0 bridgehead atoms. The molecule has 0 saturated carbocycles. The minimum Gasteiger partial charge on any atom is -0.379 e. The van der Waals surface area contributed by atoms with E-state index in [2.05, 4.69) is 27.1 Å². The summed E-state index contributed by atoms with van der Waals surface area (Å²) >= 11 is 0. The van der Waals surface area contributed by atoms with Crippen molar-refractivity contribution in [2.75, 3.05) is 65.3 Å². The van der Waals surface area contributed by atoms with Crippen molar-refractivity contribution >= 4 is 21.4 Å². The van der Waals surface area contributed by atoms with E-state index in [9.17, 15) is 18.5 Å². The van der Waals surface area contributed by atoms with Gasteiger partial charge in [0.15, 0.2) is 0 Å². The van der Waals surface area contributed by atoms with Gasteiger partial charge in [-0.05, 0) is 38.7 Å². The highest BCUT2D eigenvalue weighted by Gasteiger charge is 2.25. The molecule has 0 aromatic heterocycles. The van der Waals surface area contributed by atoms with E-state index in [-0.39, 0.29) is 28.9 Å². The second-order valence-corrected chi connectivity index (χ2v) is 10.4. The average Bonchev–Trinajstić information content (AvgIpc) is 2.80. The minimum atomic E-state index is -3.86. The fourth-order valence-corrected chi connectivity index (χ4v) is 4.85. The smallest absolute Gasteiger partial charge is 0.293 e. The molecule has 10 nitrogen and oxygen atoms in total. The molecule has 0 radical (unpaired) electrons. The van der Waals surface area contributed by atoms with Gasteiger partial charge < -0.3 is 15.0 Å². The highest BCUT2D eigenvalue weighted by molar-refractivity contribution is 7.89. The Morgan fingerprint density at radius 3 is 2.44 bits per heavy atom. The van der Waals surface area contributed by atoms with Gasteiger partial charge >= 0.3 is 0 Å². The Balaban J connectivity index is 1.81. The van der Waals surface area contributed by atoms with Crippen LogP contribution in [0.5, 0.6) is 0 Å². The van der Waals surface area contributed by atoms with Crippen molar-refractivity contribution in [3.05, 3.63) is 63.7 Å². The molecule has 0 spiro atoms. The van der Waals surface area contributed by atoms with E-state index in [0.29, 0.717) is 26.3 Å². The zero-order valence-electron chi connectivity index (χ0n) is 19.9. The van der Waals surface area contributed by atoms with E-state index in [1.54, 1.807) is 0 Å². The number of nitro benzene ring substituents is 1. The molecule has 1 unspecified atom stereocenters. The Labute approximate surface area is 201 Å². The third kappa shape index (κ3) is 6.97. The summed E-state index contributed by atoms with van der Waals surface area (Å²) in [6.07, 6.45) is 0. The molecule has 11 heteroatoms. The van der Waals surface area contributed by atoms with E-state index in [4.69, 9.17) is 4.74 Å². The first-order chi connectivity index (χ1) is 16.2. The predicted octanol–water partition coefficient (Wildman–Crippen LogP) is 2.23. The van der Waals surface area contributed by atoms with E-state index < -0.39 is 14.9 Å². The van der Waals surface area contributed by atoms with Crippen LogP contribution in [-0.2, 0) is 14.8 Å². The van der Waals surface area contributed by atoms with Crippen LogP contribution >= 0.6 is 0 Å². The van der Waals surface area contributed by atoms with Crippen LogP contribution in [0.15, 0.2) is 47.4 Å². The van der Waals surface area contributed by atoms with E-state index in [1.165, 1.54) is 12.1 Å². The molecule has 1 aliphatic rings. The first-order valence-corrected chi connectivity index (χ1v) is 12.7. The Kier molecular flexibility index (Phi) is 8.97. The summed E-state index contributed by atoms with van der Waals surface area (Å²) in [5.74, 6) is 0. The monoisotopic (exact) mass is 491 g/mol. The predicted molar refractivity (Wildman–Crippen MR) is 132 cm³/mol. The lowest BCUT2D eigenvalue weighted by Gasteiger charge is -2.35. The molecule has 2 aromatic rings. The third-order valence-electron chi connectivity index (χ3n) is 5.76. The van der Waals surface area contributed by atoms with Gasteiger partial charge in [-0.2, -0.15) is 0 Å². The number of hydrogen-bond acceptors (Lipinski definition) is 8. The number of likely N-dealkylation sites (N-methyl/N-ethyl adjacent to an activating group) is 1. The van der Waals surface area contributed by atoms with E-state index in [1.807, 2.05) is 38.1 Å². The number of nitrogens with zero attached hydrogens (tertiary/aromatic N) is 3. The van der Waals surface area contributed by atoms with Crippen LogP contribution in [0.1, 0.15) is 17.2 Å². The summed E-state index contributed by atoms with van der Waals surface area (Å²) in [6.45, 7) is 5.98. The summed E-state index contributed by atoms with van der Waals surface area (Å²) in [5.41, 5.74) is 2.26. The summed E-state index contributed by atoms with van der Waals surface area (Å²) in [7, 11) is -0.188. The van der Waals surface area contributed by atoms with Crippen molar-refractivity contribution < 1.29 is 18.1 Å². The summed E-state index contributed by atoms with van der Waals surface area (Å²) in [5, 5.41) is 15.0. The minimum absolute atomic E-state index is 0.0137. The maximum Gasteiger partial charge on any atom is 0.293 e. The molecular formula is C23H33N5O5S. The quantitative estimate of drug-likeness (QED) is 0.363.